The Balaban J connectivity index is 1.51. The molecule has 0 bridgehead atoms. The Morgan fingerprint density at radius 3 is 2.85 bits per heavy atom. The Bertz CT molecular complexity index is 824. The normalized spacial score (nSPS) is 20.1. The van der Waals surface area contributed by atoms with Crippen LogP contribution < -0.4 is 0 Å². The summed E-state index contributed by atoms with van der Waals surface area (Å²) in [5.74, 6) is 2.17. The van der Waals surface area contributed by atoms with E-state index in [1.54, 1.807) is 11.3 Å². The monoisotopic (exact) mass is 405 g/mol. The minimum atomic E-state index is 0.116. The van der Waals surface area contributed by atoms with E-state index >= 15 is 0 Å². The van der Waals surface area contributed by atoms with Crippen LogP contribution >= 0.6 is 23.1 Å². The lowest BCUT2D eigenvalue weighted by Gasteiger charge is -2.31. The third kappa shape index (κ3) is 3.93. The second-order valence-electron chi connectivity index (χ2n) is 7.47. The molecule has 1 amide bonds. The summed E-state index contributed by atoms with van der Waals surface area (Å²) in [5.41, 5.74) is 4.22. The molecule has 146 valence electrons. The van der Waals surface area contributed by atoms with Crippen molar-refractivity contribution in [3.05, 3.63) is 33.0 Å². The molecule has 0 N–H and O–H groups in total. The number of thiazole rings is 1. The van der Waals surface area contributed by atoms with Crippen LogP contribution in [0.15, 0.2) is 5.38 Å². The van der Waals surface area contributed by atoms with Crippen molar-refractivity contribution in [1.29, 1.82) is 0 Å². The van der Waals surface area contributed by atoms with Crippen molar-refractivity contribution in [2.24, 2.45) is 7.05 Å². The number of thioether (sulfide) groups is 1. The molecule has 27 heavy (non-hydrogen) atoms. The first-order valence-corrected chi connectivity index (χ1v) is 11.6. The van der Waals surface area contributed by atoms with Crippen molar-refractivity contribution in [1.82, 2.24) is 24.6 Å². The molecule has 2 aromatic rings. The number of nitrogens with zero attached hydrogens (tertiary/aromatic N) is 5. The summed E-state index contributed by atoms with van der Waals surface area (Å²) in [6, 6.07) is 0.423. The minimum absolute atomic E-state index is 0.116. The molecule has 2 aliphatic rings. The first-order chi connectivity index (χ1) is 13.0. The average Bonchev–Trinajstić information content (AvgIpc) is 3.24. The molecule has 6 nitrogen and oxygen atoms in total. The number of amides is 1. The lowest BCUT2D eigenvalue weighted by molar-refractivity contribution is 0.0763. The third-order valence-corrected chi connectivity index (χ3v) is 7.40. The summed E-state index contributed by atoms with van der Waals surface area (Å²) >= 11 is 3.63. The highest BCUT2D eigenvalue weighted by atomic mass is 32.2. The molecule has 0 spiro atoms. The van der Waals surface area contributed by atoms with Crippen molar-refractivity contribution in [3.8, 4) is 0 Å². The summed E-state index contributed by atoms with van der Waals surface area (Å²) < 4.78 is 1.93. The number of aromatic nitrogens is 3. The van der Waals surface area contributed by atoms with Crippen LogP contribution in [0.25, 0.3) is 0 Å². The maximum Gasteiger partial charge on any atom is 0.274 e. The van der Waals surface area contributed by atoms with Crippen LogP contribution in [-0.4, -0.2) is 68.2 Å². The largest absolute Gasteiger partial charge is 0.336 e. The van der Waals surface area contributed by atoms with Crippen LogP contribution in [0.3, 0.4) is 0 Å². The van der Waals surface area contributed by atoms with Gasteiger partial charge in [-0.25, -0.2) is 4.98 Å². The molecule has 3 heterocycles. The van der Waals surface area contributed by atoms with Crippen molar-refractivity contribution < 1.29 is 4.79 Å². The first kappa shape index (κ1) is 19.0. The van der Waals surface area contributed by atoms with Gasteiger partial charge in [-0.2, -0.15) is 16.9 Å². The van der Waals surface area contributed by atoms with Crippen LogP contribution in [0, 0.1) is 6.92 Å². The van der Waals surface area contributed by atoms with Gasteiger partial charge >= 0.3 is 0 Å². The van der Waals surface area contributed by atoms with Crippen LogP contribution in [-0.2, 0) is 26.4 Å². The maximum absolute atomic E-state index is 13.1. The number of hydrogen-bond acceptors (Lipinski definition) is 6. The Hall–Kier alpha value is -1.38. The summed E-state index contributed by atoms with van der Waals surface area (Å²) in [7, 11) is 4.15. The van der Waals surface area contributed by atoms with E-state index in [0.717, 1.165) is 61.1 Å². The zero-order valence-electron chi connectivity index (χ0n) is 16.3. The molecule has 1 aliphatic carbocycles. The van der Waals surface area contributed by atoms with Crippen molar-refractivity contribution in [3.63, 3.8) is 0 Å². The zero-order valence-corrected chi connectivity index (χ0v) is 17.9. The van der Waals surface area contributed by atoms with Crippen molar-refractivity contribution in [2.45, 2.75) is 38.8 Å². The smallest absolute Gasteiger partial charge is 0.274 e. The van der Waals surface area contributed by atoms with E-state index in [-0.39, 0.29) is 5.91 Å². The minimum Gasteiger partial charge on any atom is -0.336 e. The lowest BCUT2D eigenvalue weighted by atomic mass is 9.90. The molecule has 1 aliphatic heterocycles. The molecular weight excluding hydrogens is 378 g/mol. The molecule has 4 rings (SSSR count). The Kier molecular flexibility index (Phi) is 5.57. The number of fused-ring (bicyclic) bond motifs is 1. The van der Waals surface area contributed by atoms with Gasteiger partial charge in [0.15, 0.2) is 5.69 Å². The fourth-order valence-corrected chi connectivity index (χ4v) is 5.61. The van der Waals surface area contributed by atoms with Crippen LogP contribution in [0.4, 0.5) is 0 Å². The molecular formula is C19H27N5OS2. The van der Waals surface area contributed by atoms with Gasteiger partial charge < -0.3 is 4.90 Å². The van der Waals surface area contributed by atoms with Gasteiger partial charge in [0.05, 0.1) is 10.7 Å². The summed E-state index contributed by atoms with van der Waals surface area (Å²) in [6.45, 7) is 4.58. The standard InChI is InChI=1S/C19H27N5OS2/c1-13-20-14(12-27-13)11-22(2)15-4-5-17-16(10-15)18(21-23(17)3)19(25)24-6-8-26-9-7-24/h12,15H,4-11H2,1-3H3. The Morgan fingerprint density at radius 2 is 2.15 bits per heavy atom. The number of rotatable bonds is 4. The quantitative estimate of drug-likeness (QED) is 0.782. The second kappa shape index (κ2) is 7.93. The molecule has 0 aromatic carbocycles. The van der Waals surface area contributed by atoms with Crippen LogP contribution in [0.5, 0.6) is 0 Å². The van der Waals surface area contributed by atoms with Crippen LogP contribution in [0.1, 0.15) is 38.9 Å². The summed E-state index contributed by atoms with van der Waals surface area (Å²) in [4.78, 5) is 22.0. The highest BCUT2D eigenvalue weighted by Gasteiger charge is 2.32. The van der Waals surface area contributed by atoms with E-state index in [1.807, 2.05) is 35.3 Å². The Labute approximate surface area is 168 Å². The molecule has 8 heteroatoms. The Morgan fingerprint density at radius 1 is 1.37 bits per heavy atom. The highest BCUT2D eigenvalue weighted by molar-refractivity contribution is 7.99. The SMILES string of the molecule is Cc1nc(CN(C)C2CCc3c(c(C(=O)N4CCSCC4)nn3C)C2)cs1. The topological polar surface area (TPSA) is 54.3 Å². The molecule has 1 unspecified atom stereocenters. The van der Waals surface area contributed by atoms with E-state index < -0.39 is 0 Å². The van der Waals surface area contributed by atoms with Gasteiger partial charge in [0.25, 0.3) is 5.91 Å². The van der Waals surface area contributed by atoms with E-state index in [2.05, 4.69) is 27.4 Å². The predicted octanol–water partition coefficient (Wildman–Crippen LogP) is 2.36. The number of aryl methyl sites for hydroxylation is 2. The highest BCUT2D eigenvalue weighted by Crippen LogP contribution is 2.28. The molecule has 1 fully saturated rings. The van der Waals surface area contributed by atoms with E-state index in [9.17, 15) is 4.79 Å². The van der Waals surface area contributed by atoms with E-state index in [4.69, 9.17) is 0 Å². The van der Waals surface area contributed by atoms with E-state index in [0.29, 0.717) is 11.7 Å². The fraction of sp³-hybridized carbons (Fsp3) is 0.632. The van der Waals surface area contributed by atoms with E-state index in [1.165, 1.54) is 11.3 Å². The van der Waals surface area contributed by atoms with Gasteiger partial charge in [0.1, 0.15) is 0 Å². The lowest BCUT2D eigenvalue weighted by Crippen LogP contribution is -2.40. The summed E-state index contributed by atoms with van der Waals surface area (Å²) in [5, 5.41) is 7.90. The van der Waals surface area contributed by atoms with Gasteiger partial charge in [-0.3, -0.25) is 14.4 Å². The molecule has 1 saturated heterocycles. The molecule has 2 aromatic heterocycles. The van der Waals surface area contributed by atoms with Crippen LogP contribution in [0.2, 0.25) is 0 Å². The maximum atomic E-state index is 13.1. The van der Waals surface area contributed by atoms with Gasteiger partial charge in [-0.1, -0.05) is 0 Å². The number of carbonyl (C=O) groups is 1. The average molecular weight is 406 g/mol. The zero-order chi connectivity index (χ0) is 19.0. The van der Waals surface area contributed by atoms with Gasteiger partial charge in [0.2, 0.25) is 0 Å². The molecule has 1 atom stereocenters. The fourth-order valence-electron chi connectivity index (χ4n) is 4.10. The predicted molar refractivity (Wildman–Crippen MR) is 111 cm³/mol. The van der Waals surface area contributed by atoms with Crippen molar-refractivity contribution in [2.75, 3.05) is 31.6 Å². The molecule has 0 saturated carbocycles. The third-order valence-electron chi connectivity index (χ3n) is 5.63. The second-order valence-corrected chi connectivity index (χ2v) is 9.76. The van der Waals surface area contributed by atoms with Crippen molar-refractivity contribution >= 4 is 29.0 Å². The summed E-state index contributed by atoms with van der Waals surface area (Å²) in [6.07, 6.45) is 2.97. The van der Waals surface area contributed by atoms with Gasteiger partial charge in [-0.05, 0) is 33.2 Å². The van der Waals surface area contributed by atoms with Gasteiger partial charge in [-0.15, -0.1) is 11.3 Å². The first-order valence-electron chi connectivity index (χ1n) is 9.56. The number of hydrogen-bond donors (Lipinski definition) is 0. The number of likely N-dealkylation sites (N-methyl/N-ethyl adjacent to an activating group) is 1. The molecule has 0 radical (unpaired) electrons. The van der Waals surface area contributed by atoms with Gasteiger partial charge in [0, 0.05) is 60.9 Å². The number of carbonyl (C=O) groups excluding carboxylic acids is 1.